The first kappa shape index (κ1) is 14.2. The third kappa shape index (κ3) is 3.20. The van der Waals surface area contributed by atoms with Crippen LogP contribution in [0.15, 0.2) is 47.7 Å². The van der Waals surface area contributed by atoms with E-state index >= 15 is 0 Å². The number of carboxylic acids is 1. The van der Waals surface area contributed by atoms with E-state index in [0.29, 0.717) is 12.1 Å². The van der Waals surface area contributed by atoms with Crippen LogP contribution in [0, 0.1) is 0 Å². The van der Waals surface area contributed by atoms with Crippen LogP contribution in [0.5, 0.6) is 0 Å². The smallest absolute Gasteiger partial charge is 0.416 e. The molecule has 2 N–H and O–H groups in total. The van der Waals surface area contributed by atoms with Gasteiger partial charge in [-0.3, -0.25) is 0 Å². The van der Waals surface area contributed by atoms with Crippen molar-refractivity contribution in [3.63, 3.8) is 0 Å². The summed E-state index contributed by atoms with van der Waals surface area (Å²) in [4.78, 5) is 10.8. The van der Waals surface area contributed by atoms with Gasteiger partial charge in [0.05, 0.1) is 11.1 Å². The van der Waals surface area contributed by atoms with Gasteiger partial charge in [0.25, 0.3) is 0 Å². The minimum Gasteiger partial charge on any atom is -0.478 e. The van der Waals surface area contributed by atoms with Crippen LogP contribution in [-0.2, 0) is 17.4 Å². The molecule has 0 saturated carbocycles. The fourth-order valence-corrected chi connectivity index (χ4v) is 2.04. The molecule has 1 aliphatic heterocycles. The molecule has 20 heavy (non-hydrogen) atoms. The number of aliphatic carboxylic acids is 1. The van der Waals surface area contributed by atoms with Crippen LogP contribution in [0.1, 0.15) is 11.1 Å². The fourth-order valence-electron chi connectivity index (χ4n) is 2.04. The van der Waals surface area contributed by atoms with Gasteiger partial charge < -0.3 is 10.4 Å². The number of nitrogens with one attached hydrogen (secondary N) is 1. The molecule has 0 bridgehead atoms. The van der Waals surface area contributed by atoms with Crippen molar-refractivity contribution < 1.29 is 23.1 Å². The van der Waals surface area contributed by atoms with E-state index in [0.717, 1.165) is 6.07 Å². The van der Waals surface area contributed by atoms with Gasteiger partial charge in [0.2, 0.25) is 0 Å². The van der Waals surface area contributed by atoms with Crippen molar-refractivity contribution in [3.05, 3.63) is 58.8 Å². The summed E-state index contributed by atoms with van der Waals surface area (Å²) in [6, 6.07) is 5.31. The predicted molar refractivity (Wildman–Crippen MR) is 67.0 cm³/mol. The summed E-state index contributed by atoms with van der Waals surface area (Å²) in [6.07, 6.45) is -1.61. The predicted octanol–water partition coefficient (Wildman–Crippen LogP) is 2.75. The zero-order valence-corrected chi connectivity index (χ0v) is 10.4. The molecule has 3 nitrogen and oxygen atoms in total. The second-order valence-electron chi connectivity index (χ2n) is 4.42. The van der Waals surface area contributed by atoms with Crippen molar-refractivity contribution in [1.82, 2.24) is 5.32 Å². The Kier molecular flexibility index (Phi) is 3.83. The highest BCUT2D eigenvalue weighted by atomic mass is 19.4. The zero-order chi connectivity index (χ0) is 14.8. The van der Waals surface area contributed by atoms with Crippen molar-refractivity contribution in [3.8, 4) is 0 Å². The Morgan fingerprint density at radius 2 is 2.00 bits per heavy atom. The van der Waals surface area contributed by atoms with E-state index in [1.807, 2.05) is 0 Å². The van der Waals surface area contributed by atoms with Gasteiger partial charge in [-0.05, 0) is 29.7 Å². The van der Waals surface area contributed by atoms with E-state index in [4.69, 9.17) is 5.11 Å². The topological polar surface area (TPSA) is 49.3 Å². The second-order valence-corrected chi connectivity index (χ2v) is 4.42. The number of benzene rings is 1. The maximum absolute atomic E-state index is 12.9. The zero-order valence-electron chi connectivity index (χ0n) is 10.4. The van der Waals surface area contributed by atoms with Crippen LogP contribution in [0.25, 0.3) is 0 Å². The number of carboxylic acid groups (broad SMARTS) is 1. The minimum absolute atomic E-state index is 0.0377. The minimum atomic E-state index is -4.41. The van der Waals surface area contributed by atoms with Gasteiger partial charge in [-0.1, -0.05) is 18.2 Å². The Morgan fingerprint density at radius 3 is 2.65 bits per heavy atom. The highest BCUT2D eigenvalue weighted by Crippen LogP contribution is 2.33. The molecule has 1 aromatic rings. The summed E-state index contributed by atoms with van der Waals surface area (Å²) < 4.78 is 38.6. The van der Waals surface area contributed by atoms with Crippen molar-refractivity contribution in [1.29, 1.82) is 0 Å². The monoisotopic (exact) mass is 283 g/mol. The largest absolute Gasteiger partial charge is 0.478 e. The highest BCUT2D eigenvalue weighted by Gasteiger charge is 2.32. The van der Waals surface area contributed by atoms with Gasteiger partial charge in [-0.25, -0.2) is 4.79 Å². The molecule has 0 spiro atoms. The first-order valence-electron chi connectivity index (χ1n) is 5.89. The Balaban J connectivity index is 2.28. The number of hydrogen-bond donors (Lipinski definition) is 2. The van der Waals surface area contributed by atoms with Crippen LogP contribution in [0.3, 0.4) is 0 Å². The van der Waals surface area contributed by atoms with Crippen LogP contribution in [0.4, 0.5) is 13.2 Å². The molecule has 0 aromatic heterocycles. The summed E-state index contributed by atoms with van der Waals surface area (Å²) >= 11 is 0. The third-order valence-electron chi connectivity index (χ3n) is 2.93. The number of dihydropyridines is 1. The summed E-state index contributed by atoms with van der Waals surface area (Å²) in [6.45, 7) is 0.336. The number of rotatable bonds is 3. The van der Waals surface area contributed by atoms with Gasteiger partial charge in [-0.2, -0.15) is 13.2 Å². The number of hydrogen-bond acceptors (Lipinski definition) is 2. The lowest BCUT2D eigenvalue weighted by molar-refractivity contribution is -0.138. The van der Waals surface area contributed by atoms with Gasteiger partial charge in [0.15, 0.2) is 0 Å². The molecule has 0 atom stereocenters. The maximum atomic E-state index is 12.9. The summed E-state index contributed by atoms with van der Waals surface area (Å²) in [7, 11) is 0. The number of alkyl halides is 3. The molecule has 6 heteroatoms. The molecule has 1 heterocycles. The molecule has 1 aliphatic rings. The molecule has 106 valence electrons. The maximum Gasteiger partial charge on any atom is 0.416 e. The first-order valence-corrected chi connectivity index (χ1v) is 5.89. The van der Waals surface area contributed by atoms with E-state index in [1.165, 1.54) is 30.5 Å². The number of halogens is 3. The van der Waals surface area contributed by atoms with Gasteiger partial charge in [-0.15, -0.1) is 0 Å². The Hall–Kier alpha value is -2.24. The molecule has 0 radical (unpaired) electrons. The van der Waals surface area contributed by atoms with Crippen molar-refractivity contribution in [2.75, 3.05) is 6.54 Å². The molecule has 0 saturated heterocycles. The second kappa shape index (κ2) is 5.40. The van der Waals surface area contributed by atoms with E-state index in [9.17, 15) is 18.0 Å². The van der Waals surface area contributed by atoms with Crippen molar-refractivity contribution in [2.45, 2.75) is 12.6 Å². The first-order chi connectivity index (χ1) is 9.38. The van der Waals surface area contributed by atoms with E-state index in [2.05, 4.69) is 5.32 Å². The van der Waals surface area contributed by atoms with Gasteiger partial charge >= 0.3 is 12.1 Å². The van der Waals surface area contributed by atoms with Gasteiger partial charge in [0.1, 0.15) is 0 Å². The summed E-state index contributed by atoms with van der Waals surface area (Å²) in [5, 5.41) is 11.6. The highest BCUT2D eigenvalue weighted by molar-refractivity contribution is 5.90. The normalized spacial score (nSPS) is 15.2. The van der Waals surface area contributed by atoms with E-state index in [-0.39, 0.29) is 17.6 Å². The third-order valence-corrected chi connectivity index (χ3v) is 2.93. The molecule has 0 amide bonds. The molecule has 0 aliphatic carbocycles. The molecule has 1 aromatic carbocycles. The lowest BCUT2D eigenvalue weighted by Crippen LogP contribution is -2.20. The van der Waals surface area contributed by atoms with Crippen LogP contribution < -0.4 is 5.32 Å². The molecular formula is C14H12F3NO2. The van der Waals surface area contributed by atoms with Crippen LogP contribution >= 0.6 is 0 Å². The molecule has 0 fully saturated rings. The summed E-state index contributed by atoms with van der Waals surface area (Å²) in [5.74, 6) is -1.11. The van der Waals surface area contributed by atoms with Crippen molar-refractivity contribution >= 4 is 5.97 Å². The van der Waals surface area contributed by atoms with Crippen LogP contribution in [-0.4, -0.2) is 17.6 Å². The Labute approximate surface area is 113 Å². The van der Waals surface area contributed by atoms with E-state index < -0.39 is 17.7 Å². The number of carbonyl (C=O) groups is 1. The quantitative estimate of drug-likeness (QED) is 0.896. The molecular weight excluding hydrogens is 271 g/mol. The summed E-state index contributed by atoms with van der Waals surface area (Å²) in [5.41, 5.74) is 0.0874. The lowest BCUT2D eigenvalue weighted by atomic mass is 9.97. The molecule has 0 unspecified atom stereocenters. The van der Waals surface area contributed by atoms with E-state index in [1.54, 1.807) is 0 Å². The van der Waals surface area contributed by atoms with Crippen LogP contribution in [0.2, 0.25) is 0 Å². The average Bonchev–Trinajstić information content (AvgIpc) is 2.38. The SMILES string of the molecule is O=C(O)C1=CNCC(Cc2ccccc2C(F)(F)F)=C1. The van der Waals surface area contributed by atoms with Gasteiger partial charge in [0, 0.05) is 12.7 Å². The Bertz CT molecular complexity index is 588. The lowest BCUT2D eigenvalue weighted by Gasteiger charge is -2.17. The standard InChI is InChI=1S/C14H12F3NO2/c15-14(16,17)12-4-2-1-3-10(12)5-9-6-11(13(19)20)8-18-7-9/h1-4,6,8,18H,5,7H2,(H,19,20). The fraction of sp³-hybridized carbons (Fsp3) is 0.214. The average molecular weight is 283 g/mol. The Morgan fingerprint density at radius 1 is 1.30 bits per heavy atom. The van der Waals surface area contributed by atoms with Crippen molar-refractivity contribution in [2.24, 2.45) is 0 Å². The molecule has 2 rings (SSSR count).